The number of carbonyl (C=O) groups is 1. The maximum Gasteiger partial charge on any atom is 0.150 e. The van der Waals surface area contributed by atoms with Crippen molar-refractivity contribution in [3.05, 3.63) is 28.8 Å². The smallest absolute Gasteiger partial charge is 0.150 e. The summed E-state index contributed by atoms with van der Waals surface area (Å²) in [5.41, 5.74) is 3.20. The molecule has 2 unspecified atom stereocenters. The minimum Gasteiger partial charge on any atom is -0.370 e. The number of aryl methyl sites for hydroxylation is 1. The maximum absolute atomic E-state index is 10.9. The van der Waals surface area contributed by atoms with Crippen molar-refractivity contribution < 1.29 is 4.79 Å². The number of nitriles is 1. The molecule has 3 heteroatoms. The zero-order valence-corrected chi connectivity index (χ0v) is 9.81. The standard InChI is InChI=1S/C14H14N2O/c1-9-2-14(10(5-15)3-13(9)8-17)16-6-11-4-12(11)7-16/h2-3,8,11-12H,4,6-7H2,1H3. The van der Waals surface area contributed by atoms with Crippen LogP contribution in [-0.4, -0.2) is 19.4 Å². The van der Waals surface area contributed by atoms with E-state index in [2.05, 4.69) is 11.0 Å². The van der Waals surface area contributed by atoms with Gasteiger partial charge in [-0.15, -0.1) is 0 Å². The molecule has 1 saturated heterocycles. The molecule has 1 aromatic rings. The van der Waals surface area contributed by atoms with Crippen LogP contribution in [0.5, 0.6) is 0 Å². The molecule has 2 atom stereocenters. The summed E-state index contributed by atoms with van der Waals surface area (Å²) in [4.78, 5) is 13.2. The molecule has 3 nitrogen and oxygen atoms in total. The van der Waals surface area contributed by atoms with E-state index in [1.165, 1.54) is 6.42 Å². The molecule has 3 rings (SSSR count). The van der Waals surface area contributed by atoms with Crippen LogP contribution in [-0.2, 0) is 0 Å². The van der Waals surface area contributed by atoms with Gasteiger partial charge in [0.2, 0.25) is 0 Å². The zero-order valence-electron chi connectivity index (χ0n) is 9.81. The van der Waals surface area contributed by atoms with E-state index >= 15 is 0 Å². The summed E-state index contributed by atoms with van der Waals surface area (Å²) in [5.74, 6) is 1.68. The van der Waals surface area contributed by atoms with E-state index in [4.69, 9.17) is 0 Å². The normalized spacial score (nSPS) is 25.3. The third-order valence-corrected chi connectivity index (χ3v) is 3.95. The molecule has 1 aliphatic heterocycles. The largest absolute Gasteiger partial charge is 0.370 e. The third-order valence-electron chi connectivity index (χ3n) is 3.95. The minimum atomic E-state index is 0.620. The number of hydrogen-bond acceptors (Lipinski definition) is 3. The minimum absolute atomic E-state index is 0.620. The van der Waals surface area contributed by atoms with Crippen LogP contribution >= 0.6 is 0 Å². The van der Waals surface area contributed by atoms with Crippen molar-refractivity contribution in [2.24, 2.45) is 11.8 Å². The van der Waals surface area contributed by atoms with Gasteiger partial charge in [-0.25, -0.2) is 0 Å². The van der Waals surface area contributed by atoms with Crippen LogP contribution in [0.4, 0.5) is 5.69 Å². The molecule has 0 aromatic heterocycles. The van der Waals surface area contributed by atoms with Gasteiger partial charge in [0.15, 0.2) is 0 Å². The van der Waals surface area contributed by atoms with Crippen LogP contribution in [0.1, 0.15) is 27.9 Å². The van der Waals surface area contributed by atoms with E-state index in [-0.39, 0.29) is 0 Å². The second kappa shape index (κ2) is 3.59. The van der Waals surface area contributed by atoms with Crippen molar-refractivity contribution in [1.29, 1.82) is 5.26 Å². The van der Waals surface area contributed by atoms with Gasteiger partial charge < -0.3 is 4.90 Å². The average Bonchev–Trinajstić information content (AvgIpc) is 2.96. The van der Waals surface area contributed by atoms with Gasteiger partial charge in [-0.2, -0.15) is 5.26 Å². The first-order valence-corrected chi connectivity index (χ1v) is 5.98. The molecule has 2 aliphatic rings. The molecule has 1 saturated carbocycles. The van der Waals surface area contributed by atoms with Gasteiger partial charge in [0.25, 0.3) is 0 Å². The lowest BCUT2D eigenvalue weighted by atomic mass is 10.0. The van der Waals surface area contributed by atoms with Crippen molar-refractivity contribution in [1.82, 2.24) is 0 Å². The van der Waals surface area contributed by atoms with E-state index < -0.39 is 0 Å². The van der Waals surface area contributed by atoms with E-state index in [9.17, 15) is 10.1 Å². The van der Waals surface area contributed by atoms with E-state index in [1.54, 1.807) is 6.07 Å². The van der Waals surface area contributed by atoms with Crippen LogP contribution < -0.4 is 4.90 Å². The monoisotopic (exact) mass is 226 g/mol. The van der Waals surface area contributed by atoms with Gasteiger partial charge >= 0.3 is 0 Å². The van der Waals surface area contributed by atoms with Gasteiger partial charge in [0, 0.05) is 18.7 Å². The lowest BCUT2D eigenvalue weighted by Gasteiger charge is -2.22. The summed E-state index contributed by atoms with van der Waals surface area (Å²) in [6.07, 6.45) is 2.17. The molecule has 0 bridgehead atoms. The summed E-state index contributed by atoms with van der Waals surface area (Å²) < 4.78 is 0. The second-order valence-electron chi connectivity index (χ2n) is 5.12. The Morgan fingerprint density at radius 3 is 2.71 bits per heavy atom. The van der Waals surface area contributed by atoms with Gasteiger partial charge in [-0.3, -0.25) is 4.79 Å². The number of benzene rings is 1. The number of hydrogen-bond donors (Lipinski definition) is 0. The first kappa shape index (κ1) is 10.3. The van der Waals surface area contributed by atoms with E-state index in [1.807, 2.05) is 13.0 Å². The molecular weight excluding hydrogens is 212 g/mol. The SMILES string of the molecule is Cc1cc(N2CC3CC3C2)c(C#N)cc1C=O. The second-order valence-corrected chi connectivity index (χ2v) is 5.12. The Morgan fingerprint density at radius 1 is 1.41 bits per heavy atom. The molecule has 0 radical (unpaired) electrons. The number of piperidine rings is 1. The van der Waals surface area contributed by atoms with Gasteiger partial charge in [0.1, 0.15) is 12.4 Å². The Kier molecular flexibility index (Phi) is 2.19. The van der Waals surface area contributed by atoms with Crippen LogP contribution in [0.15, 0.2) is 12.1 Å². The Labute approximate surface area is 101 Å². The molecule has 0 amide bonds. The highest BCUT2D eigenvalue weighted by atomic mass is 16.1. The summed E-state index contributed by atoms with van der Waals surface area (Å²) in [5, 5.41) is 9.17. The highest BCUT2D eigenvalue weighted by Gasteiger charge is 2.45. The van der Waals surface area contributed by atoms with Crippen LogP contribution in [0.2, 0.25) is 0 Å². The van der Waals surface area contributed by atoms with Gasteiger partial charge in [-0.1, -0.05) is 0 Å². The molecule has 1 aromatic carbocycles. The Morgan fingerprint density at radius 2 is 2.12 bits per heavy atom. The Bertz CT molecular complexity index is 520. The highest BCUT2D eigenvalue weighted by Crippen LogP contribution is 2.46. The number of carbonyl (C=O) groups excluding carboxylic acids is 1. The third kappa shape index (κ3) is 1.61. The molecular formula is C14H14N2O. The molecule has 1 aliphatic carbocycles. The predicted molar refractivity (Wildman–Crippen MR) is 65.1 cm³/mol. The zero-order chi connectivity index (χ0) is 12.0. The first-order valence-electron chi connectivity index (χ1n) is 5.98. The van der Waals surface area contributed by atoms with Crippen molar-refractivity contribution in [2.45, 2.75) is 13.3 Å². The first-order chi connectivity index (χ1) is 8.22. The Balaban J connectivity index is 2.00. The van der Waals surface area contributed by atoms with Crippen LogP contribution in [0, 0.1) is 30.1 Å². The van der Waals surface area contributed by atoms with E-state index in [0.29, 0.717) is 11.1 Å². The van der Waals surface area contributed by atoms with Gasteiger partial charge in [0.05, 0.1) is 11.3 Å². The number of aldehydes is 1. The number of nitrogens with zero attached hydrogens (tertiary/aromatic N) is 2. The summed E-state index contributed by atoms with van der Waals surface area (Å²) in [7, 11) is 0. The fraction of sp³-hybridized carbons (Fsp3) is 0.429. The molecule has 86 valence electrons. The number of anilines is 1. The fourth-order valence-corrected chi connectivity index (χ4v) is 2.78. The quantitative estimate of drug-likeness (QED) is 0.726. The van der Waals surface area contributed by atoms with Crippen LogP contribution in [0.3, 0.4) is 0 Å². The lowest BCUT2D eigenvalue weighted by Crippen LogP contribution is -2.23. The van der Waals surface area contributed by atoms with Crippen LogP contribution in [0.25, 0.3) is 0 Å². The molecule has 1 heterocycles. The number of rotatable bonds is 2. The number of fused-ring (bicyclic) bond motifs is 1. The van der Waals surface area contributed by atoms with Crippen molar-refractivity contribution in [3.63, 3.8) is 0 Å². The lowest BCUT2D eigenvalue weighted by molar-refractivity contribution is 0.112. The van der Waals surface area contributed by atoms with Gasteiger partial charge in [-0.05, 0) is 42.9 Å². The molecule has 17 heavy (non-hydrogen) atoms. The molecule has 2 fully saturated rings. The average molecular weight is 226 g/mol. The van der Waals surface area contributed by atoms with Crippen molar-refractivity contribution in [3.8, 4) is 6.07 Å². The summed E-state index contributed by atoms with van der Waals surface area (Å²) in [6.45, 7) is 4.06. The summed E-state index contributed by atoms with van der Waals surface area (Å²) in [6, 6.07) is 5.89. The summed E-state index contributed by atoms with van der Waals surface area (Å²) >= 11 is 0. The van der Waals surface area contributed by atoms with Crippen molar-refractivity contribution >= 4 is 12.0 Å². The molecule has 0 N–H and O–H groups in total. The Hall–Kier alpha value is -1.82. The topological polar surface area (TPSA) is 44.1 Å². The highest BCUT2D eigenvalue weighted by molar-refractivity contribution is 5.80. The fourth-order valence-electron chi connectivity index (χ4n) is 2.78. The predicted octanol–water partition coefficient (Wildman–Crippen LogP) is 2.14. The van der Waals surface area contributed by atoms with E-state index in [0.717, 1.165) is 42.5 Å². The maximum atomic E-state index is 10.9. The molecule has 0 spiro atoms. The van der Waals surface area contributed by atoms with Crippen molar-refractivity contribution in [2.75, 3.05) is 18.0 Å².